The highest BCUT2D eigenvalue weighted by molar-refractivity contribution is 5.69. The fourth-order valence-corrected chi connectivity index (χ4v) is 3.73. The minimum Gasteiger partial charge on any atom is -0.508 e. The maximum atomic E-state index is 11.0. The Bertz CT molecular complexity index is 1060. The highest BCUT2D eigenvalue weighted by atomic mass is 16.3. The topological polar surface area (TPSA) is 131 Å². The number of rotatable bonds is 5. The third-order valence-electron chi connectivity index (χ3n) is 5.52. The summed E-state index contributed by atoms with van der Waals surface area (Å²) in [6, 6.07) is 6.19. The third-order valence-corrected chi connectivity index (χ3v) is 5.52. The molecule has 3 heterocycles. The highest BCUT2D eigenvalue weighted by Gasteiger charge is 2.22. The van der Waals surface area contributed by atoms with Crippen LogP contribution in [0.15, 0.2) is 30.5 Å². The zero-order valence-corrected chi connectivity index (χ0v) is 17.4. The molecule has 1 aromatic carbocycles. The van der Waals surface area contributed by atoms with Crippen molar-refractivity contribution in [1.29, 1.82) is 0 Å². The summed E-state index contributed by atoms with van der Waals surface area (Å²) in [7, 11) is 0. The number of benzene rings is 1. The predicted octanol–water partition coefficient (Wildman–Crippen LogP) is 2.08. The first-order valence-electron chi connectivity index (χ1n) is 10.1. The van der Waals surface area contributed by atoms with Crippen LogP contribution in [0.4, 0.5) is 5.82 Å². The average Bonchev–Trinajstić information content (AvgIpc) is 3.15. The van der Waals surface area contributed by atoms with E-state index >= 15 is 0 Å². The lowest BCUT2D eigenvalue weighted by molar-refractivity contribution is 0.0475. The van der Waals surface area contributed by atoms with E-state index < -0.39 is 0 Å². The monoisotopic (exact) mass is 425 g/mol. The summed E-state index contributed by atoms with van der Waals surface area (Å²) in [4.78, 5) is 8.46. The van der Waals surface area contributed by atoms with Gasteiger partial charge in [-0.05, 0) is 29.7 Å². The summed E-state index contributed by atoms with van der Waals surface area (Å²) in [6.07, 6.45) is 1.60. The van der Waals surface area contributed by atoms with Crippen LogP contribution in [0.5, 0.6) is 17.5 Å². The number of hydrogen-bond acceptors (Lipinski definition) is 8. The number of anilines is 1. The van der Waals surface area contributed by atoms with Crippen molar-refractivity contribution in [2.75, 3.05) is 37.8 Å². The minimum atomic E-state index is -0.341. The van der Waals surface area contributed by atoms with Gasteiger partial charge in [-0.15, -0.1) is 5.10 Å². The Hall–Kier alpha value is -3.37. The predicted molar refractivity (Wildman–Crippen MR) is 113 cm³/mol. The molecule has 4 rings (SSSR count). The lowest BCUT2D eigenvalue weighted by Gasteiger charge is -2.33. The summed E-state index contributed by atoms with van der Waals surface area (Å²) in [5.41, 5.74) is 1.51. The summed E-state index contributed by atoms with van der Waals surface area (Å²) in [5.74, 6) is 0.854. The van der Waals surface area contributed by atoms with Crippen LogP contribution >= 0.6 is 0 Å². The molecule has 1 aliphatic heterocycles. The van der Waals surface area contributed by atoms with E-state index in [1.165, 1.54) is 10.6 Å². The van der Waals surface area contributed by atoms with Gasteiger partial charge in [-0.25, -0.2) is 14.7 Å². The van der Waals surface area contributed by atoms with Gasteiger partial charge in [-0.1, -0.05) is 18.9 Å². The molecule has 0 amide bonds. The number of aromatic hydroxyl groups is 3. The molecule has 1 fully saturated rings. The van der Waals surface area contributed by atoms with E-state index in [1.54, 1.807) is 18.3 Å². The Morgan fingerprint density at radius 2 is 1.74 bits per heavy atom. The number of piperazine rings is 1. The molecule has 0 aliphatic carbocycles. The molecule has 0 unspecified atom stereocenters. The molecule has 3 N–H and O–H groups in total. The second-order valence-electron chi connectivity index (χ2n) is 7.85. The molecule has 1 aliphatic rings. The molecule has 0 saturated carbocycles. The van der Waals surface area contributed by atoms with E-state index in [9.17, 15) is 20.4 Å². The van der Waals surface area contributed by atoms with Crippen LogP contribution in [0.1, 0.15) is 25.3 Å². The quantitative estimate of drug-likeness (QED) is 0.566. The van der Waals surface area contributed by atoms with Crippen molar-refractivity contribution in [2.45, 2.75) is 19.8 Å². The van der Waals surface area contributed by atoms with Crippen LogP contribution in [0, 0.1) is 0 Å². The van der Waals surface area contributed by atoms with Crippen LogP contribution in [-0.2, 0) is 5.11 Å². The largest absolute Gasteiger partial charge is 0.508 e. The molecule has 0 spiro atoms. The Kier molecular flexibility index (Phi) is 5.66. The van der Waals surface area contributed by atoms with E-state index in [1.807, 2.05) is 24.8 Å². The Morgan fingerprint density at radius 3 is 2.35 bits per heavy atom. The van der Waals surface area contributed by atoms with E-state index in [0.29, 0.717) is 29.9 Å². The lowest BCUT2D eigenvalue weighted by atomic mass is 9.98. The van der Waals surface area contributed by atoms with Crippen molar-refractivity contribution >= 4 is 5.82 Å². The molecule has 1 radical (unpaired) electrons. The molecule has 2 aromatic heterocycles. The maximum Gasteiger partial charge on any atom is 0.319 e. The number of phenols is 2. The zero-order valence-electron chi connectivity index (χ0n) is 17.4. The van der Waals surface area contributed by atoms with Gasteiger partial charge in [-0.3, -0.25) is 4.90 Å². The van der Waals surface area contributed by atoms with Crippen molar-refractivity contribution in [2.24, 2.45) is 0 Å². The lowest BCUT2D eigenvalue weighted by Crippen LogP contribution is -2.46. The van der Waals surface area contributed by atoms with Crippen LogP contribution < -0.4 is 4.90 Å². The van der Waals surface area contributed by atoms with Gasteiger partial charge < -0.3 is 20.2 Å². The Labute approximate surface area is 179 Å². The zero-order chi connectivity index (χ0) is 22.1. The second-order valence-corrected chi connectivity index (χ2v) is 7.85. The van der Waals surface area contributed by atoms with Crippen LogP contribution in [0.3, 0.4) is 0 Å². The molecule has 1 saturated heterocycles. The average molecular weight is 425 g/mol. The van der Waals surface area contributed by atoms with Gasteiger partial charge in [0, 0.05) is 32.2 Å². The minimum absolute atomic E-state index is 0.00497. The molecule has 163 valence electrons. The fraction of sp³-hybridized carbons (Fsp3) is 0.381. The number of pyridine rings is 1. The molecule has 10 heteroatoms. The summed E-state index contributed by atoms with van der Waals surface area (Å²) < 4.78 is 1.39. The molecule has 10 nitrogen and oxygen atoms in total. The van der Waals surface area contributed by atoms with Crippen LogP contribution in [-0.4, -0.2) is 72.9 Å². The van der Waals surface area contributed by atoms with Crippen molar-refractivity contribution in [1.82, 2.24) is 24.6 Å². The molecule has 0 atom stereocenters. The normalized spacial score (nSPS) is 15.0. The Morgan fingerprint density at radius 1 is 1.00 bits per heavy atom. The molecule has 0 bridgehead atoms. The van der Waals surface area contributed by atoms with E-state index in [-0.39, 0.29) is 36.0 Å². The first-order chi connectivity index (χ1) is 14.9. The molecule has 31 heavy (non-hydrogen) atoms. The number of nitrogens with zero attached hydrogens (tertiary/aromatic N) is 6. The standard InChI is InChI=1S/C21H25N6O4/c1-13(2)15-9-16(18(30)10-17(15)29)20-23-24-21(31)27(20)14-3-4-19(22-11-14)26-7-5-25(12-28)6-8-26/h3-4,9-11,13,29-30H,5-8,12H2,1-2H3,(H,24,31). The van der Waals surface area contributed by atoms with E-state index in [2.05, 4.69) is 20.1 Å². The van der Waals surface area contributed by atoms with Gasteiger partial charge in [0.15, 0.2) is 5.82 Å². The van der Waals surface area contributed by atoms with Gasteiger partial charge in [-0.2, -0.15) is 0 Å². The summed E-state index contributed by atoms with van der Waals surface area (Å²) >= 11 is 0. The fourth-order valence-electron chi connectivity index (χ4n) is 3.73. The molecular formula is C21H25N6O4. The van der Waals surface area contributed by atoms with Gasteiger partial charge in [0.25, 0.3) is 0 Å². The van der Waals surface area contributed by atoms with Gasteiger partial charge in [0.05, 0.1) is 17.4 Å². The van der Waals surface area contributed by atoms with Gasteiger partial charge >= 0.3 is 6.01 Å². The van der Waals surface area contributed by atoms with Crippen LogP contribution in [0.2, 0.25) is 0 Å². The van der Waals surface area contributed by atoms with Gasteiger partial charge in [0.2, 0.25) is 0 Å². The molecular weight excluding hydrogens is 400 g/mol. The number of hydrogen-bond donors (Lipinski definition) is 3. The van der Waals surface area contributed by atoms with Crippen molar-refractivity contribution in [3.05, 3.63) is 36.0 Å². The number of phenolic OH excluding ortho intramolecular Hbond substituents is 2. The summed E-state index contributed by atoms with van der Waals surface area (Å²) in [5, 5.41) is 49.7. The smallest absolute Gasteiger partial charge is 0.319 e. The van der Waals surface area contributed by atoms with E-state index in [0.717, 1.165) is 18.9 Å². The van der Waals surface area contributed by atoms with Gasteiger partial charge in [0.1, 0.15) is 24.0 Å². The van der Waals surface area contributed by atoms with Crippen molar-refractivity contribution in [3.63, 3.8) is 0 Å². The van der Waals surface area contributed by atoms with E-state index in [4.69, 9.17) is 0 Å². The van der Waals surface area contributed by atoms with Crippen molar-refractivity contribution < 1.29 is 20.4 Å². The second kappa shape index (κ2) is 8.40. The summed E-state index contributed by atoms with van der Waals surface area (Å²) in [6.45, 7) is 6.49. The first kappa shape index (κ1) is 20.9. The maximum absolute atomic E-state index is 11.0. The molecule has 3 aromatic rings. The SMILES string of the molecule is CC(C)c1cc(-c2nnc(O)n2-c2ccc(N3CCN(C[O])CC3)nc2)c(O)cc1O. The Balaban J connectivity index is 1.67. The third kappa shape index (κ3) is 3.99. The van der Waals surface area contributed by atoms with Crippen molar-refractivity contribution in [3.8, 4) is 34.6 Å². The first-order valence-corrected chi connectivity index (χ1v) is 10.1. The highest BCUT2D eigenvalue weighted by Crippen LogP contribution is 2.38. The number of aromatic nitrogens is 4. The van der Waals surface area contributed by atoms with Crippen LogP contribution in [0.25, 0.3) is 17.1 Å².